The number of nitrogens with zero attached hydrogens (tertiary/aromatic N) is 1. The van der Waals surface area contributed by atoms with Crippen molar-refractivity contribution in [2.75, 3.05) is 12.1 Å². The Labute approximate surface area is 132 Å². The van der Waals surface area contributed by atoms with Crippen LogP contribution >= 0.6 is 35.0 Å². The number of allylic oxidation sites excluding steroid dienone is 4. The second kappa shape index (κ2) is 7.07. The van der Waals surface area contributed by atoms with Crippen LogP contribution in [0.15, 0.2) is 41.3 Å². The standard InChI is InChI=1S/C14H14Cl2N2OS/c1-3-4-5-9(8-15)19-13-7-12-11(6-10(13)16)17-14(18-12)20-2/h3-7H,8H2,1-2H3,(H,17,18)/b4-3-,9-5+. The summed E-state index contributed by atoms with van der Waals surface area (Å²) in [6.45, 7) is 1.93. The number of hydrogen-bond donors (Lipinski definition) is 1. The first-order valence-corrected chi connectivity index (χ1v) is 8.10. The number of halogens is 2. The zero-order chi connectivity index (χ0) is 14.5. The van der Waals surface area contributed by atoms with E-state index in [9.17, 15) is 0 Å². The average molecular weight is 329 g/mol. The molecule has 0 atom stereocenters. The molecule has 1 aromatic heterocycles. The van der Waals surface area contributed by atoms with Gasteiger partial charge in [-0.05, 0) is 25.3 Å². The van der Waals surface area contributed by atoms with Crippen LogP contribution in [0, 0.1) is 0 Å². The molecule has 0 aliphatic heterocycles. The van der Waals surface area contributed by atoms with E-state index in [-0.39, 0.29) is 5.88 Å². The van der Waals surface area contributed by atoms with Gasteiger partial charge in [0, 0.05) is 6.07 Å². The van der Waals surface area contributed by atoms with E-state index in [1.807, 2.05) is 37.5 Å². The lowest BCUT2D eigenvalue weighted by molar-refractivity contribution is 0.430. The van der Waals surface area contributed by atoms with Gasteiger partial charge in [0.2, 0.25) is 0 Å². The predicted molar refractivity (Wildman–Crippen MR) is 87.1 cm³/mol. The molecular formula is C14H14Cl2N2OS. The number of hydrogen-bond acceptors (Lipinski definition) is 3. The lowest BCUT2D eigenvalue weighted by Crippen LogP contribution is -1.97. The van der Waals surface area contributed by atoms with E-state index in [1.54, 1.807) is 17.8 Å². The summed E-state index contributed by atoms with van der Waals surface area (Å²) in [5, 5.41) is 1.36. The van der Waals surface area contributed by atoms with E-state index in [0.717, 1.165) is 16.2 Å². The Morgan fingerprint density at radius 1 is 1.50 bits per heavy atom. The van der Waals surface area contributed by atoms with Gasteiger partial charge in [-0.2, -0.15) is 0 Å². The van der Waals surface area contributed by atoms with Crippen molar-refractivity contribution in [1.29, 1.82) is 0 Å². The number of aromatic amines is 1. The molecule has 0 fully saturated rings. The van der Waals surface area contributed by atoms with Gasteiger partial charge in [0.1, 0.15) is 11.5 Å². The number of thioether (sulfide) groups is 1. The summed E-state index contributed by atoms with van der Waals surface area (Å²) in [4.78, 5) is 7.61. The van der Waals surface area contributed by atoms with E-state index in [2.05, 4.69) is 9.97 Å². The molecule has 6 heteroatoms. The fraction of sp³-hybridized carbons (Fsp3) is 0.214. The molecule has 0 amide bonds. The zero-order valence-electron chi connectivity index (χ0n) is 11.1. The lowest BCUT2D eigenvalue weighted by Gasteiger charge is -2.08. The number of fused-ring (bicyclic) bond motifs is 1. The molecule has 20 heavy (non-hydrogen) atoms. The van der Waals surface area contributed by atoms with Gasteiger partial charge < -0.3 is 9.72 Å². The van der Waals surface area contributed by atoms with Crippen molar-refractivity contribution < 1.29 is 4.74 Å². The van der Waals surface area contributed by atoms with Gasteiger partial charge in [-0.15, -0.1) is 11.6 Å². The second-order valence-electron chi connectivity index (χ2n) is 3.94. The fourth-order valence-corrected chi connectivity index (χ4v) is 2.36. The van der Waals surface area contributed by atoms with Crippen LogP contribution in [0.3, 0.4) is 0 Å². The van der Waals surface area contributed by atoms with E-state index in [1.165, 1.54) is 0 Å². The van der Waals surface area contributed by atoms with Crippen LogP contribution < -0.4 is 4.74 Å². The normalized spacial score (nSPS) is 12.5. The highest BCUT2D eigenvalue weighted by molar-refractivity contribution is 7.98. The van der Waals surface area contributed by atoms with Crippen molar-refractivity contribution in [2.45, 2.75) is 12.1 Å². The average Bonchev–Trinajstić information content (AvgIpc) is 2.85. The molecule has 0 aliphatic rings. The Morgan fingerprint density at radius 3 is 2.95 bits per heavy atom. The van der Waals surface area contributed by atoms with E-state index < -0.39 is 0 Å². The maximum absolute atomic E-state index is 6.22. The molecule has 0 unspecified atom stereocenters. The van der Waals surface area contributed by atoms with Crippen LogP contribution in [0.5, 0.6) is 5.75 Å². The number of rotatable bonds is 5. The lowest BCUT2D eigenvalue weighted by atomic mass is 10.3. The van der Waals surface area contributed by atoms with Crippen LogP contribution in [-0.4, -0.2) is 22.1 Å². The van der Waals surface area contributed by atoms with E-state index in [4.69, 9.17) is 27.9 Å². The quantitative estimate of drug-likeness (QED) is 0.362. The van der Waals surface area contributed by atoms with Gasteiger partial charge in [-0.25, -0.2) is 4.98 Å². The van der Waals surface area contributed by atoms with Crippen molar-refractivity contribution >= 4 is 46.0 Å². The van der Waals surface area contributed by atoms with Gasteiger partial charge >= 0.3 is 0 Å². The van der Waals surface area contributed by atoms with Gasteiger partial charge in [0.05, 0.1) is 21.9 Å². The molecular weight excluding hydrogens is 315 g/mol. The number of benzene rings is 1. The topological polar surface area (TPSA) is 37.9 Å². The summed E-state index contributed by atoms with van der Waals surface area (Å²) >= 11 is 13.6. The van der Waals surface area contributed by atoms with Gasteiger partial charge in [0.25, 0.3) is 0 Å². The maximum atomic E-state index is 6.22. The Balaban J connectivity index is 2.36. The van der Waals surface area contributed by atoms with Crippen molar-refractivity contribution in [3.05, 3.63) is 41.1 Å². The molecule has 1 aromatic carbocycles. The molecule has 0 spiro atoms. The van der Waals surface area contributed by atoms with Crippen LogP contribution in [0.4, 0.5) is 0 Å². The minimum atomic E-state index is 0.273. The summed E-state index contributed by atoms with van der Waals surface area (Å²) in [5.74, 6) is 1.45. The predicted octanol–water partition coefficient (Wildman–Crippen LogP) is 5.02. The van der Waals surface area contributed by atoms with Gasteiger partial charge in [-0.1, -0.05) is 35.5 Å². The largest absolute Gasteiger partial charge is 0.459 e. The van der Waals surface area contributed by atoms with E-state index in [0.29, 0.717) is 16.5 Å². The molecule has 0 aliphatic carbocycles. The zero-order valence-corrected chi connectivity index (χ0v) is 13.4. The molecule has 106 valence electrons. The first-order valence-electron chi connectivity index (χ1n) is 5.97. The number of aromatic nitrogens is 2. The molecule has 0 saturated carbocycles. The summed E-state index contributed by atoms with van der Waals surface area (Å²) < 4.78 is 5.73. The monoisotopic (exact) mass is 328 g/mol. The summed E-state index contributed by atoms with van der Waals surface area (Å²) in [6, 6.07) is 3.62. The Hall–Kier alpha value is -1.10. The SMILES string of the molecule is C/C=C\C=C(/CCl)Oc1cc2nc(SC)[nH]c2cc1Cl. The van der Waals surface area contributed by atoms with Crippen LogP contribution in [0.2, 0.25) is 5.02 Å². The molecule has 0 bridgehead atoms. The minimum absolute atomic E-state index is 0.273. The number of H-pyrrole nitrogens is 1. The number of alkyl halides is 1. The third kappa shape index (κ3) is 3.51. The highest BCUT2D eigenvalue weighted by Gasteiger charge is 2.10. The highest BCUT2D eigenvalue weighted by Crippen LogP contribution is 2.31. The summed E-state index contributed by atoms with van der Waals surface area (Å²) in [6.07, 6.45) is 7.54. The van der Waals surface area contributed by atoms with Crippen LogP contribution in [0.1, 0.15) is 6.92 Å². The Morgan fingerprint density at radius 2 is 2.30 bits per heavy atom. The maximum Gasteiger partial charge on any atom is 0.166 e. The van der Waals surface area contributed by atoms with Crippen molar-refractivity contribution in [3.63, 3.8) is 0 Å². The van der Waals surface area contributed by atoms with Gasteiger partial charge in [0.15, 0.2) is 5.16 Å². The first kappa shape index (κ1) is 15.3. The Bertz CT molecular complexity index is 664. The van der Waals surface area contributed by atoms with Gasteiger partial charge in [-0.3, -0.25) is 0 Å². The van der Waals surface area contributed by atoms with Crippen LogP contribution in [0.25, 0.3) is 11.0 Å². The smallest absolute Gasteiger partial charge is 0.166 e. The number of imidazole rings is 1. The highest BCUT2D eigenvalue weighted by atomic mass is 35.5. The molecule has 1 N–H and O–H groups in total. The van der Waals surface area contributed by atoms with Crippen LogP contribution in [-0.2, 0) is 0 Å². The minimum Gasteiger partial charge on any atom is -0.459 e. The summed E-state index contributed by atoms with van der Waals surface area (Å²) in [5.41, 5.74) is 1.70. The molecule has 2 rings (SSSR count). The van der Waals surface area contributed by atoms with Crippen molar-refractivity contribution in [1.82, 2.24) is 9.97 Å². The Kier molecular flexibility index (Phi) is 5.40. The number of nitrogens with one attached hydrogen (secondary N) is 1. The third-order valence-corrected chi connectivity index (χ3v) is 3.69. The molecule has 0 saturated heterocycles. The van der Waals surface area contributed by atoms with E-state index >= 15 is 0 Å². The summed E-state index contributed by atoms with van der Waals surface area (Å²) in [7, 11) is 0. The third-order valence-electron chi connectivity index (χ3n) is 2.55. The second-order valence-corrected chi connectivity index (χ2v) is 5.41. The molecule has 3 nitrogen and oxygen atoms in total. The first-order chi connectivity index (χ1) is 9.67. The van der Waals surface area contributed by atoms with Crippen molar-refractivity contribution in [2.24, 2.45) is 0 Å². The fourth-order valence-electron chi connectivity index (χ4n) is 1.61. The molecule has 2 aromatic rings. The molecule has 0 radical (unpaired) electrons. The number of ether oxygens (including phenoxy) is 1. The molecule has 1 heterocycles. The van der Waals surface area contributed by atoms with Crippen molar-refractivity contribution in [3.8, 4) is 5.75 Å².